The molecule has 1 N–H and O–H groups in total. The van der Waals surface area contributed by atoms with Crippen LogP contribution in [0.4, 0.5) is 0 Å². The third kappa shape index (κ3) is 2.90. The molecule has 8 heteroatoms. The third-order valence-corrected chi connectivity index (χ3v) is 5.89. The zero-order valence-corrected chi connectivity index (χ0v) is 17.4. The second kappa shape index (κ2) is 7.24. The van der Waals surface area contributed by atoms with E-state index in [-0.39, 0.29) is 18.7 Å². The lowest BCUT2D eigenvalue weighted by Crippen LogP contribution is -2.39. The average molecular weight is 417 g/mol. The van der Waals surface area contributed by atoms with E-state index < -0.39 is 5.69 Å². The lowest BCUT2D eigenvalue weighted by Gasteiger charge is -2.10. The summed E-state index contributed by atoms with van der Waals surface area (Å²) in [6, 6.07) is 13.8. The summed E-state index contributed by atoms with van der Waals surface area (Å²) >= 11 is 0. The van der Waals surface area contributed by atoms with Gasteiger partial charge in [0.25, 0.3) is 5.56 Å². The summed E-state index contributed by atoms with van der Waals surface area (Å²) in [4.78, 5) is 31.2. The van der Waals surface area contributed by atoms with Gasteiger partial charge in [0, 0.05) is 32.1 Å². The molecule has 3 aromatic heterocycles. The first-order valence-corrected chi connectivity index (χ1v) is 10.3. The number of aliphatic hydroxyl groups is 1. The quantitative estimate of drug-likeness (QED) is 0.474. The van der Waals surface area contributed by atoms with Crippen molar-refractivity contribution in [3.8, 4) is 0 Å². The van der Waals surface area contributed by atoms with E-state index >= 15 is 0 Å². The molecule has 0 radical (unpaired) electrons. The number of rotatable bonds is 5. The van der Waals surface area contributed by atoms with Gasteiger partial charge in [-0.3, -0.25) is 18.3 Å². The van der Waals surface area contributed by atoms with E-state index in [1.54, 1.807) is 11.4 Å². The van der Waals surface area contributed by atoms with Crippen molar-refractivity contribution in [1.29, 1.82) is 0 Å². The molecule has 0 atom stereocenters. The normalized spacial score (nSPS) is 11.8. The van der Waals surface area contributed by atoms with Crippen LogP contribution in [0.25, 0.3) is 27.7 Å². The van der Waals surface area contributed by atoms with Crippen LogP contribution in [-0.4, -0.2) is 34.8 Å². The summed E-state index contributed by atoms with van der Waals surface area (Å²) in [5, 5.41) is 11.3. The molecule has 2 aromatic carbocycles. The van der Waals surface area contributed by atoms with Crippen LogP contribution < -0.4 is 11.2 Å². The number of aliphatic hydroxyl groups excluding tert-OH is 1. The maximum absolute atomic E-state index is 13.5. The predicted octanol–water partition coefficient (Wildman–Crippen LogP) is 2.04. The van der Waals surface area contributed by atoms with Gasteiger partial charge in [0.05, 0.1) is 6.54 Å². The highest BCUT2D eigenvalue weighted by Gasteiger charge is 2.20. The number of nitrogens with zero attached hydrogens (tertiary/aromatic N) is 5. The van der Waals surface area contributed by atoms with Gasteiger partial charge in [-0.15, -0.1) is 0 Å². The Morgan fingerprint density at radius 2 is 1.81 bits per heavy atom. The summed E-state index contributed by atoms with van der Waals surface area (Å²) in [7, 11) is 1.64. The molecule has 8 nitrogen and oxygen atoms in total. The first-order chi connectivity index (χ1) is 15.0. The first-order valence-electron chi connectivity index (χ1n) is 10.3. The summed E-state index contributed by atoms with van der Waals surface area (Å²) in [6.07, 6.45) is 2.44. The number of aryl methyl sites for hydroxylation is 3. The van der Waals surface area contributed by atoms with Gasteiger partial charge in [-0.25, -0.2) is 4.79 Å². The molecule has 0 aliphatic carbocycles. The largest absolute Gasteiger partial charge is 0.396 e. The number of hydrogen-bond acceptors (Lipinski definition) is 4. The SMILES string of the molecule is Cc1cn2c3c(=O)n(Cc4cccc5ccccc45)c(=O)n(C)c3nc2n1CCCO. The molecule has 0 spiro atoms. The lowest BCUT2D eigenvalue weighted by atomic mass is 10.0. The van der Waals surface area contributed by atoms with Crippen LogP contribution in [-0.2, 0) is 20.1 Å². The Kier molecular flexibility index (Phi) is 4.51. The van der Waals surface area contributed by atoms with Crippen LogP contribution in [0.15, 0.2) is 58.3 Å². The highest BCUT2D eigenvalue weighted by Crippen LogP contribution is 2.20. The molecule has 0 saturated carbocycles. The van der Waals surface area contributed by atoms with Gasteiger partial charge < -0.3 is 9.67 Å². The van der Waals surface area contributed by atoms with Crippen molar-refractivity contribution in [2.75, 3.05) is 6.61 Å². The molecule has 5 rings (SSSR count). The Balaban J connectivity index is 1.75. The van der Waals surface area contributed by atoms with Crippen molar-refractivity contribution >= 4 is 27.7 Å². The van der Waals surface area contributed by atoms with Crippen LogP contribution in [0.2, 0.25) is 0 Å². The summed E-state index contributed by atoms with van der Waals surface area (Å²) < 4.78 is 6.41. The zero-order chi connectivity index (χ0) is 21.7. The van der Waals surface area contributed by atoms with Crippen molar-refractivity contribution in [2.45, 2.75) is 26.4 Å². The summed E-state index contributed by atoms with van der Waals surface area (Å²) in [5.74, 6) is 0.593. The third-order valence-electron chi connectivity index (χ3n) is 5.89. The van der Waals surface area contributed by atoms with Gasteiger partial charge in [-0.2, -0.15) is 4.98 Å². The van der Waals surface area contributed by atoms with Crippen molar-refractivity contribution in [3.63, 3.8) is 0 Å². The van der Waals surface area contributed by atoms with Gasteiger partial charge in [0.1, 0.15) is 0 Å². The first kappa shape index (κ1) is 19.3. The van der Waals surface area contributed by atoms with Crippen LogP contribution >= 0.6 is 0 Å². The van der Waals surface area contributed by atoms with Gasteiger partial charge >= 0.3 is 5.69 Å². The van der Waals surface area contributed by atoms with Crippen molar-refractivity contribution in [2.24, 2.45) is 7.05 Å². The molecule has 0 unspecified atom stereocenters. The molecule has 31 heavy (non-hydrogen) atoms. The van der Waals surface area contributed by atoms with E-state index in [1.165, 1.54) is 9.13 Å². The van der Waals surface area contributed by atoms with E-state index in [2.05, 4.69) is 4.98 Å². The lowest BCUT2D eigenvalue weighted by molar-refractivity contribution is 0.280. The van der Waals surface area contributed by atoms with Crippen LogP contribution in [0, 0.1) is 6.92 Å². The Hall–Kier alpha value is -3.65. The molecule has 0 saturated heterocycles. The molecule has 158 valence electrons. The number of hydrogen-bond donors (Lipinski definition) is 1. The number of aromatic nitrogens is 5. The van der Waals surface area contributed by atoms with Gasteiger partial charge in [0.15, 0.2) is 11.2 Å². The van der Waals surface area contributed by atoms with Gasteiger partial charge in [-0.05, 0) is 29.7 Å². The van der Waals surface area contributed by atoms with Crippen molar-refractivity contribution < 1.29 is 5.11 Å². The second-order valence-corrected chi connectivity index (χ2v) is 7.82. The minimum Gasteiger partial charge on any atom is -0.396 e. The second-order valence-electron chi connectivity index (χ2n) is 7.82. The standard InChI is InChI=1S/C23H23N5O3/c1-15-13-27-19-20(24-22(27)26(15)11-6-12-29)25(2)23(31)28(21(19)30)14-17-9-5-8-16-7-3-4-10-18(16)17/h3-5,7-10,13,29H,6,11-12,14H2,1-2H3. The molecule has 0 bridgehead atoms. The maximum Gasteiger partial charge on any atom is 0.332 e. The fourth-order valence-electron chi connectivity index (χ4n) is 4.30. The molecule has 0 aliphatic heterocycles. The van der Waals surface area contributed by atoms with E-state index in [0.29, 0.717) is 29.9 Å². The summed E-state index contributed by atoms with van der Waals surface area (Å²) in [5.41, 5.74) is 1.82. The van der Waals surface area contributed by atoms with Crippen LogP contribution in [0.3, 0.4) is 0 Å². The Morgan fingerprint density at radius 3 is 2.61 bits per heavy atom. The van der Waals surface area contributed by atoms with Gasteiger partial charge in [-0.1, -0.05) is 42.5 Å². The average Bonchev–Trinajstić information content (AvgIpc) is 3.28. The van der Waals surface area contributed by atoms with E-state index in [1.807, 2.05) is 60.2 Å². The van der Waals surface area contributed by atoms with Crippen molar-refractivity contribution in [1.82, 2.24) is 23.1 Å². The fraction of sp³-hybridized carbons (Fsp3) is 0.261. The molecule has 3 heterocycles. The fourth-order valence-corrected chi connectivity index (χ4v) is 4.30. The van der Waals surface area contributed by atoms with Crippen LogP contribution in [0.1, 0.15) is 17.7 Å². The molecule has 0 amide bonds. The summed E-state index contributed by atoms with van der Waals surface area (Å²) in [6.45, 7) is 2.77. The monoisotopic (exact) mass is 417 g/mol. The minimum atomic E-state index is -0.398. The Labute approximate surface area is 177 Å². The van der Waals surface area contributed by atoms with E-state index in [0.717, 1.165) is 22.0 Å². The van der Waals surface area contributed by atoms with Crippen molar-refractivity contribution in [3.05, 3.63) is 80.8 Å². The number of fused-ring (bicyclic) bond motifs is 4. The maximum atomic E-state index is 13.5. The molecule has 0 fully saturated rings. The minimum absolute atomic E-state index is 0.0698. The van der Waals surface area contributed by atoms with E-state index in [9.17, 15) is 14.7 Å². The topological polar surface area (TPSA) is 86.5 Å². The Morgan fingerprint density at radius 1 is 1.03 bits per heavy atom. The molecular formula is C23H23N5O3. The number of imidazole rings is 2. The highest BCUT2D eigenvalue weighted by atomic mass is 16.3. The molecular weight excluding hydrogens is 394 g/mol. The highest BCUT2D eigenvalue weighted by molar-refractivity contribution is 5.85. The molecule has 0 aliphatic rings. The predicted molar refractivity (Wildman–Crippen MR) is 120 cm³/mol. The Bertz CT molecular complexity index is 1560. The smallest absolute Gasteiger partial charge is 0.332 e. The van der Waals surface area contributed by atoms with E-state index in [4.69, 9.17) is 0 Å². The zero-order valence-electron chi connectivity index (χ0n) is 17.4. The van der Waals surface area contributed by atoms with Crippen LogP contribution in [0.5, 0.6) is 0 Å². The van der Waals surface area contributed by atoms with Gasteiger partial charge in [0.2, 0.25) is 5.78 Å². The molecule has 5 aromatic rings. The number of benzene rings is 2.